The molecule has 2 rings (SSSR count). The summed E-state index contributed by atoms with van der Waals surface area (Å²) < 4.78 is 0. The van der Waals surface area contributed by atoms with E-state index in [1.807, 2.05) is 18.2 Å². The molecule has 1 fully saturated rings. The third-order valence-corrected chi connectivity index (χ3v) is 4.84. The van der Waals surface area contributed by atoms with E-state index in [4.69, 9.17) is 5.73 Å². The first-order valence-electron chi connectivity index (χ1n) is 8.25. The average Bonchev–Trinajstić information content (AvgIpc) is 2.70. The number of carbonyl (C=O) groups is 1. The Morgan fingerprint density at radius 3 is 2.71 bits per heavy atom. The van der Waals surface area contributed by atoms with E-state index in [-0.39, 0.29) is 5.91 Å². The summed E-state index contributed by atoms with van der Waals surface area (Å²) in [4.78, 5) is 12.1. The Labute approximate surface area is 128 Å². The molecule has 0 bridgehead atoms. The molecule has 3 heteroatoms. The minimum atomic E-state index is -0.516. The van der Waals surface area contributed by atoms with Gasteiger partial charge < -0.3 is 5.73 Å². The van der Waals surface area contributed by atoms with Crippen LogP contribution in [0.25, 0.3) is 0 Å². The first kappa shape index (κ1) is 16.0. The van der Waals surface area contributed by atoms with Crippen LogP contribution < -0.4 is 11.1 Å². The van der Waals surface area contributed by atoms with E-state index in [0.717, 1.165) is 31.6 Å². The van der Waals surface area contributed by atoms with Crippen LogP contribution in [0.2, 0.25) is 0 Å². The predicted octanol–water partition coefficient (Wildman–Crippen LogP) is 3.38. The van der Waals surface area contributed by atoms with Crippen molar-refractivity contribution in [2.24, 2.45) is 11.7 Å². The maximum atomic E-state index is 12.1. The van der Waals surface area contributed by atoms with E-state index in [1.165, 1.54) is 24.8 Å². The Morgan fingerprint density at radius 2 is 2.05 bits per heavy atom. The molecule has 2 atom stereocenters. The van der Waals surface area contributed by atoms with Crippen molar-refractivity contribution in [3.63, 3.8) is 0 Å². The fourth-order valence-corrected chi connectivity index (χ4v) is 3.49. The minimum Gasteiger partial charge on any atom is -0.368 e. The van der Waals surface area contributed by atoms with Gasteiger partial charge in [0, 0.05) is 6.54 Å². The fraction of sp³-hybridized carbons (Fsp3) is 0.611. The highest BCUT2D eigenvalue weighted by Crippen LogP contribution is 2.32. The van der Waals surface area contributed by atoms with Crippen LogP contribution in [0, 0.1) is 5.92 Å². The lowest BCUT2D eigenvalue weighted by Crippen LogP contribution is -2.54. The second kappa shape index (κ2) is 7.60. The molecular weight excluding hydrogens is 260 g/mol. The number of benzene rings is 1. The molecule has 1 aromatic rings. The quantitative estimate of drug-likeness (QED) is 0.788. The average molecular weight is 288 g/mol. The molecule has 1 amide bonds. The summed E-state index contributed by atoms with van der Waals surface area (Å²) >= 11 is 0. The van der Waals surface area contributed by atoms with Crippen molar-refractivity contribution < 1.29 is 4.79 Å². The van der Waals surface area contributed by atoms with Gasteiger partial charge in [-0.25, -0.2) is 0 Å². The van der Waals surface area contributed by atoms with Gasteiger partial charge in [0.2, 0.25) is 5.91 Å². The van der Waals surface area contributed by atoms with Gasteiger partial charge in [-0.15, -0.1) is 0 Å². The minimum absolute atomic E-state index is 0.185. The zero-order valence-electron chi connectivity index (χ0n) is 13.1. The fourth-order valence-electron chi connectivity index (χ4n) is 3.49. The zero-order valence-corrected chi connectivity index (χ0v) is 13.1. The Morgan fingerprint density at radius 1 is 1.29 bits per heavy atom. The van der Waals surface area contributed by atoms with Crippen LogP contribution in [-0.2, 0) is 11.3 Å². The molecule has 1 aromatic carbocycles. The summed E-state index contributed by atoms with van der Waals surface area (Å²) in [5.74, 6) is 0.574. The first-order chi connectivity index (χ1) is 10.2. The molecular formula is C18H28N2O. The van der Waals surface area contributed by atoms with Gasteiger partial charge in [-0.3, -0.25) is 10.1 Å². The number of carbonyl (C=O) groups excluding carboxylic acids is 1. The molecule has 2 unspecified atom stereocenters. The topological polar surface area (TPSA) is 55.1 Å². The Kier molecular flexibility index (Phi) is 5.80. The number of rotatable bonds is 6. The molecule has 1 aliphatic rings. The van der Waals surface area contributed by atoms with Crippen molar-refractivity contribution in [2.75, 3.05) is 0 Å². The number of hydrogen-bond donors (Lipinski definition) is 2. The number of amides is 1. The molecule has 3 N–H and O–H groups in total. The van der Waals surface area contributed by atoms with Crippen LogP contribution in [0.3, 0.4) is 0 Å². The SMILES string of the molecule is CCCC1CCCC(NCc2ccccc2)(C(N)=O)CC1. The van der Waals surface area contributed by atoms with Gasteiger partial charge in [0.1, 0.15) is 0 Å². The zero-order chi connectivity index (χ0) is 15.1. The summed E-state index contributed by atoms with van der Waals surface area (Å²) in [6.07, 6.45) is 7.68. The molecule has 0 saturated heterocycles. The van der Waals surface area contributed by atoms with E-state index < -0.39 is 5.54 Å². The monoisotopic (exact) mass is 288 g/mol. The van der Waals surface area contributed by atoms with E-state index in [2.05, 4.69) is 24.4 Å². The summed E-state index contributed by atoms with van der Waals surface area (Å²) in [6, 6.07) is 10.2. The van der Waals surface area contributed by atoms with Crippen LogP contribution >= 0.6 is 0 Å². The molecule has 3 nitrogen and oxygen atoms in total. The van der Waals surface area contributed by atoms with Crippen molar-refractivity contribution in [3.05, 3.63) is 35.9 Å². The van der Waals surface area contributed by atoms with Crippen molar-refractivity contribution >= 4 is 5.91 Å². The Balaban J connectivity index is 2.01. The highest BCUT2D eigenvalue weighted by Gasteiger charge is 2.37. The lowest BCUT2D eigenvalue weighted by atomic mass is 9.88. The molecule has 21 heavy (non-hydrogen) atoms. The number of nitrogens with two attached hydrogens (primary N) is 1. The highest BCUT2D eigenvalue weighted by atomic mass is 16.1. The van der Waals surface area contributed by atoms with E-state index >= 15 is 0 Å². The van der Waals surface area contributed by atoms with Gasteiger partial charge in [-0.1, -0.05) is 62.9 Å². The molecule has 0 radical (unpaired) electrons. The van der Waals surface area contributed by atoms with Gasteiger partial charge in [0.05, 0.1) is 5.54 Å². The van der Waals surface area contributed by atoms with Crippen LogP contribution in [-0.4, -0.2) is 11.4 Å². The molecule has 0 aliphatic heterocycles. The summed E-state index contributed by atoms with van der Waals surface area (Å²) in [6.45, 7) is 2.95. The van der Waals surface area contributed by atoms with Crippen molar-refractivity contribution in [1.82, 2.24) is 5.32 Å². The smallest absolute Gasteiger partial charge is 0.237 e. The summed E-state index contributed by atoms with van der Waals surface area (Å²) in [5.41, 5.74) is 6.44. The van der Waals surface area contributed by atoms with Crippen molar-refractivity contribution in [2.45, 2.75) is 64.0 Å². The highest BCUT2D eigenvalue weighted by molar-refractivity contribution is 5.84. The molecule has 0 spiro atoms. The second-order valence-corrected chi connectivity index (χ2v) is 6.37. The van der Waals surface area contributed by atoms with Crippen LogP contribution in [0.4, 0.5) is 0 Å². The second-order valence-electron chi connectivity index (χ2n) is 6.37. The van der Waals surface area contributed by atoms with Crippen molar-refractivity contribution in [3.8, 4) is 0 Å². The molecule has 1 saturated carbocycles. The number of primary amides is 1. The first-order valence-corrected chi connectivity index (χ1v) is 8.25. The lowest BCUT2D eigenvalue weighted by molar-refractivity contribution is -0.125. The van der Waals surface area contributed by atoms with E-state index in [9.17, 15) is 4.79 Å². The molecule has 116 valence electrons. The predicted molar refractivity (Wildman–Crippen MR) is 86.7 cm³/mol. The van der Waals surface area contributed by atoms with Gasteiger partial charge in [0.15, 0.2) is 0 Å². The van der Waals surface area contributed by atoms with Gasteiger partial charge in [-0.05, 0) is 30.7 Å². The third-order valence-electron chi connectivity index (χ3n) is 4.84. The Bertz CT molecular complexity index is 446. The third kappa shape index (κ3) is 4.31. The maximum absolute atomic E-state index is 12.1. The lowest BCUT2D eigenvalue weighted by Gasteiger charge is -2.31. The van der Waals surface area contributed by atoms with Gasteiger partial charge in [-0.2, -0.15) is 0 Å². The van der Waals surface area contributed by atoms with Gasteiger partial charge >= 0.3 is 0 Å². The number of hydrogen-bond acceptors (Lipinski definition) is 2. The largest absolute Gasteiger partial charge is 0.368 e. The molecule has 0 heterocycles. The number of nitrogens with one attached hydrogen (secondary N) is 1. The van der Waals surface area contributed by atoms with E-state index in [0.29, 0.717) is 6.54 Å². The van der Waals surface area contributed by atoms with Gasteiger partial charge in [0.25, 0.3) is 0 Å². The molecule has 1 aliphatic carbocycles. The summed E-state index contributed by atoms with van der Waals surface area (Å²) in [7, 11) is 0. The summed E-state index contributed by atoms with van der Waals surface area (Å²) in [5, 5.41) is 3.48. The van der Waals surface area contributed by atoms with E-state index in [1.54, 1.807) is 0 Å². The normalized spacial score (nSPS) is 26.2. The van der Waals surface area contributed by atoms with Crippen LogP contribution in [0.15, 0.2) is 30.3 Å². The van der Waals surface area contributed by atoms with Crippen LogP contribution in [0.5, 0.6) is 0 Å². The standard InChI is InChI=1S/C18H28N2O/c1-2-7-15-10-6-12-18(13-11-15,17(19)21)20-14-16-8-4-3-5-9-16/h3-5,8-9,15,20H,2,6-7,10-14H2,1H3,(H2,19,21). The Hall–Kier alpha value is -1.35. The van der Waals surface area contributed by atoms with Crippen molar-refractivity contribution in [1.29, 1.82) is 0 Å². The maximum Gasteiger partial charge on any atom is 0.237 e. The molecule has 0 aromatic heterocycles. The van der Waals surface area contributed by atoms with Crippen LogP contribution in [0.1, 0.15) is 57.4 Å².